The standard InChI is InChI=1S/C19H16F2N2OS/c1-12(19-23-16-7-2-3-8-17(16)25-19)11-22-18(24)10-9-13-14(20)5-4-6-15(13)21/h2-10,12H,11H2,1H3,(H,22,24)/b10-9+/t12-/m0/s1. The van der Waals surface area contributed by atoms with Crippen molar-refractivity contribution in [1.29, 1.82) is 0 Å². The number of amides is 1. The number of carbonyl (C=O) groups is 1. The Hall–Kier alpha value is -2.60. The molecule has 1 atom stereocenters. The van der Waals surface area contributed by atoms with Gasteiger partial charge in [0, 0.05) is 24.1 Å². The highest BCUT2D eigenvalue weighted by molar-refractivity contribution is 7.18. The van der Waals surface area contributed by atoms with Crippen LogP contribution in [0.1, 0.15) is 23.4 Å². The van der Waals surface area contributed by atoms with Crippen LogP contribution in [0.3, 0.4) is 0 Å². The van der Waals surface area contributed by atoms with E-state index in [0.29, 0.717) is 6.54 Å². The van der Waals surface area contributed by atoms with E-state index in [1.165, 1.54) is 6.07 Å². The smallest absolute Gasteiger partial charge is 0.244 e. The van der Waals surface area contributed by atoms with E-state index < -0.39 is 17.5 Å². The third kappa shape index (κ3) is 4.09. The Morgan fingerprint density at radius 2 is 1.92 bits per heavy atom. The van der Waals surface area contributed by atoms with E-state index in [2.05, 4.69) is 10.3 Å². The Kier molecular flexibility index (Phi) is 5.19. The first-order valence-electron chi connectivity index (χ1n) is 7.80. The van der Waals surface area contributed by atoms with Gasteiger partial charge in [0.2, 0.25) is 5.91 Å². The number of benzene rings is 2. The van der Waals surface area contributed by atoms with Crippen molar-refractivity contribution in [2.45, 2.75) is 12.8 Å². The van der Waals surface area contributed by atoms with E-state index >= 15 is 0 Å². The molecule has 1 heterocycles. The maximum absolute atomic E-state index is 13.5. The summed E-state index contributed by atoms with van der Waals surface area (Å²) in [5.41, 5.74) is 0.715. The molecule has 1 aromatic heterocycles. The summed E-state index contributed by atoms with van der Waals surface area (Å²) in [6.07, 6.45) is 2.27. The number of carbonyl (C=O) groups excluding carboxylic acids is 1. The Morgan fingerprint density at radius 3 is 2.64 bits per heavy atom. The molecule has 1 N–H and O–H groups in total. The van der Waals surface area contributed by atoms with Crippen molar-refractivity contribution >= 4 is 33.5 Å². The number of hydrogen-bond acceptors (Lipinski definition) is 3. The largest absolute Gasteiger partial charge is 0.352 e. The van der Waals surface area contributed by atoms with Gasteiger partial charge in [-0.2, -0.15) is 0 Å². The molecule has 2 aromatic carbocycles. The summed E-state index contributed by atoms with van der Waals surface area (Å²) in [5, 5.41) is 3.67. The van der Waals surface area contributed by atoms with Crippen LogP contribution in [0.25, 0.3) is 16.3 Å². The molecule has 0 aliphatic rings. The molecule has 0 fully saturated rings. The van der Waals surface area contributed by atoms with Crippen molar-refractivity contribution in [2.24, 2.45) is 0 Å². The second-order valence-electron chi connectivity index (χ2n) is 5.63. The molecule has 0 radical (unpaired) electrons. The summed E-state index contributed by atoms with van der Waals surface area (Å²) >= 11 is 1.59. The van der Waals surface area contributed by atoms with Crippen molar-refractivity contribution < 1.29 is 13.6 Å². The molecule has 3 aromatic rings. The van der Waals surface area contributed by atoms with Crippen molar-refractivity contribution in [2.75, 3.05) is 6.54 Å². The summed E-state index contributed by atoms with van der Waals surface area (Å²) in [5.74, 6) is -1.77. The van der Waals surface area contributed by atoms with Gasteiger partial charge in [-0.05, 0) is 30.3 Å². The minimum Gasteiger partial charge on any atom is -0.352 e. The van der Waals surface area contributed by atoms with Gasteiger partial charge in [0.25, 0.3) is 0 Å². The lowest BCUT2D eigenvalue weighted by molar-refractivity contribution is -0.116. The van der Waals surface area contributed by atoms with E-state index in [4.69, 9.17) is 0 Å². The Labute approximate surface area is 148 Å². The van der Waals surface area contributed by atoms with Gasteiger partial charge in [0.15, 0.2) is 0 Å². The molecule has 128 valence electrons. The maximum atomic E-state index is 13.5. The molecular formula is C19H16F2N2OS. The van der Waals surface area contributed by atoms with Crippen LogP contribution in [-0.4, -0.2) is 17.4 Å². The number of nitrogens with one attached hydrogen (secondary N) is 1. The summed E-state index contributed by atoms with van der Waals surface area (Å²) in [6.45, 7) is 2.36. The van der Waals surface area contributed by atoms with Gasteiger partial charge in [-0.3, -0.25) is 4.79 Å². The monoisotopic (exact) mass is 358 g/mol. The highest BCUT2D eigenvalue weighted by Gasteiger charge is 2.12. The fourth-order valence-electron chi connectivity index (χ4n) is 2.33. The van der Waals surface area contributed by atoms with E-state index in [9.17, 15) is 13.6 Å². The zero-order valence-electron chi connectivity index (χ0n) is 13.5. The minimum absolute atomic E-state index is 0.0416. The first kappa shape index (κ1) is 17.2. The fourth-order valence-corrected chi connectivity index (χ4v) is 3.35. The number of aromatic nitrogens is 1. The number of fused-ring (bicyclic) bond motifs is 1. The van der Waals surface area contributed by atoms with Crippen molar-refractivity contribution in [3.63, 3.8) is 0 Å². The van der Waals surface area contributed by atoms with Crippen LogP contribution in [0.4, 0.5) is 8.78 Å². The molecule has 0 aliphatic heterocycles. The van der Waals surface area contributed by atoms with Gasteiger partial charge < -0.3 is 5.32 Å². The maximum Gasteiger partial charge on any atom is 0.244 e. The van der Waals surface area contributed by atoms with Crippen molar-refractivity contribution in [1.82, 2.24) is 10.3 Å². The van der Waals surface area contributed by atoms with Crippen LogP contribution >= 0.6 is 11.3 Å². The molecule has 0 saturated carbocycles. The van der Waals surface area contributed by atoms with Crippen LogP contribution in [0.5, 0.6) is 0 Å². The predicted octanol–water partition coefficient (Wildman–Crippen LogP) is 4.51. The number of para-hydroxylation sites is 1. The zero-order valence-corrected chi connectivity index (χ0v) is 14.3. The highest BCUT2D eigenvalue weighted by Crippen LogP contribution is 2.26. The van der Waals surface area contributed by atoms with E-state index in [-0.39, 0.29) is 11.5 Å². The molecule has 0 spiro atoms. The second kappa shape index (κ2) is 7.53. The fraction of sp³-hybridized carbons (Fsp3) is 0.158. The van der Waals surface area contributed by atoms with Crippen LogP contribution < -0.4 is 5.32 Å². The summed E-state index contributed by atoms with van der Waals surface area (Å²) in [4.78, 5) is 16.4. The molecule has 1 amide bonds. The third-order valence-corrected chi connectivity index (χ3v) is 4.98. The average molecular weight is 358 g/mol. The summed E-state index contributed by atoms with van der Waals surface area (Å²) in [6, 6.07) is 11.4. The Balaban J connectivity index is 1.61. The normalized spacial score (nSPS) is 12.6. The third-order valence-electron chi connectivity index (χ3n) is 3.72. The van der Waals surface area contributed by atoms with Gasteiger partial charge in [-0.1, -0.05) is 25.1 Å². The zero-order chi connectivity index (χ0) is 17.8. The molecular weight excluding hydrogens is 342 g/mol. The lowest BCUT2D eigenvalue weighted by Gasteiger charge is -2.08. The number of thiazole rings is 1. The molecule has 0 unspecified atom stereocenters. The van der Waals surface area contributed by atoms with Gasteiger partial charge in [0.05, 0.1) is 15.2 Å². The van der Waals surface area contributed by atoms with Gasteiger partial charge in [-0.15, -0.1) is 11.3 Å². The molecule has 3 nitrogen and oxygen atoms in total. The first-order valence-corrected chi connectivity index (χ1v) is 8.61. The number of rotatable bonds is 5. The van der Waals surface area contributed by atoms with E-state index in [0.717, 1.165) is 39.5 Å². The van der Waals surface area contributed by atoms with E-state index in [1.54, 1.807) is 11.3 Å². The highest BCUT2D eigenvalue weighted by atomic mass is 32.1. The number of hydrogen-bond donors (Lipinski definition) is 1. The molecule has 0 aliphatic carbocycles. The summed E-state index contributed by atoms with van der Waals surface area (Å²) in [7, 11) is 0. The Bertz CT molecular complexity index is 883. The van der Waals surface area contributed by atoms with Crippen LogP contribution in [-0.2, 0) is 4.79 Å². The lowest BCUT2D eigenvalue weighted by atomic mass is 10.1. The summed E-state index contributed by atoms with van der Waals surface area (Å²) < 4.78 is 28.1. The van der Waals surface area contributed by atoms with Gasteiger partial charge in [0.1, 0.15) is 11.6 Å². The van der Waals surface area contributed by atoms with Crippen molar-refractivity contribution in [3.05, 3.63) is 70.7 Å². The predicted molar refractivity (Wildman–Crippen MR) is 96.4 cm³/mol. The van der Waals surface area contributed by atoms with Crippen LogP contribution in [0.2, 0.25) is 0 Å². The minimum atomic E-state index is -0.702. The van der Waals surface area contributed by atoms with Gasteiger partial charge >= 0.3 is 0 Å². The first-order chi connectivity index (χ1) is 12.0. The van der Waals surface area contributed by atoms with E-state index in [1.807, 2.05) is 31.2 Å². The van der Waals surface area contributed by atoms with Crippen molar-refractivity contribution in [3.8, 4) is 0 Å². The average Bonchev–Trinajstić information content (AvgIpc) is 3.03. The molecule has 6 heteroatoms. The Morgan fingerprint density at radius 1 is 1.20 bits per heavy atom. The number of halogens is 2. The molecule has 3 rings (SSSR count). The lowest BCUT2D eigenvalue weighted by Crippen LogP contribution is -2.25. The van der Waals surface area contributed by atoms with Crippen LogP contribution in [0.15, 0.2) is 48.5 Å². The van der Waals surface area contributed by atoms with Gasteiger partial charge in [-0.25, -0.2) is 13.8 Å². The quantitative estimate of drug-likeness (QED) is 0.682. The number of nitrogens with zero attached hydrogens (tertiary/aromatic N) is 1. The topological polar surface area (TPSA) is 42.0 Å². The van der Waals surface area contributed by atoms with Crippen LogP contribution in [0, 0.1) is 11.6 Å². The molecule has 25 heavy (non-hydrogen) atoms. The molecule has 0 saturated heterocycles. The molecule has 0 bridgehead atoms. The SMILES string of the molecule is C[C@@H](CNC(=O)/C=C/c1c(F)cccc1F)c1nc2ccccc2s1. The second-order valence-corrected chi connectivity index (χ2v) is 6.70.